The monoisotopic (exact) mass is 371 g/mol. The van der Waals surface area contributed by atoms with Crippen molar-refractivity contribution >= 4 is 21.8 Å². The number of alkyl halides is 1. The smallest absolute Gasteiger partial charge is 0.287 e. The molecule has 4 aliphatic rings. The van der Waals surface area contributed by atoms with Crippen LogP contribution in [0.1, 0.15) is 29.8 Å². The molecule has 2 N–H and O–H groups in total. The van der Waals surface area contributed by atoms with E-state index in [1.165, 1.54) is 19.2 Å². The van der Waals surface area contributed by atoms with E-state index in [4.69, 9.17) is 4.42 Å². The molecule has 1 saturated heterocycles. The number of nitrogens with one attached hydrogen (secondary N) is 2. The van der Waals surface area contributed by atoms with Crippen LogP contribution in [-0.4, -0.2) is 57.0 Å². The van der Waals surface area contributed by atoms with Gasteiger partial charge in [-0.15, -0.1) is 0 Å². The molecule has 25 heavy (non-hydrogen) atoms. The molecule has 4 fully saturated rings. The molecule has 3 saturated carbocycles. The Morgan fingerprint density at radius 3 is 2.48 bits per heavy atom. The summed E-state index contributed by atoms with van der Waals surface area (Å²) in [5.41, 5.74) is -1.61. The third kappa shape index (κ3) is 2.46. The standard InChI is InChI=1S/C15H18FN3O5S/c1-17-25(22,23)11-3-2-10(24-11)12(20)18-9-4-19(5-9)13(21)14-6-15(16,7-14)8-14/h2-3,9,17H,4-8H2,1H3,(H,18,20). The van der Waals surface area contributed by atoms with Crippen molar-refractivity contribution in [2.24, 2.45) is 5.41 Å². The second kappa shape index (κ2) is 5.04. The van der Waals surface area contributed by atoms with Crippen LogP contribution in [0.2, 0.25) is 0 Å². The van der Waals surface area contributed by atoms with Gasteiger partial charge < -0.3 is 14.6 Å². The van der Waals surface area contributed by atoms with E-state index in [1.807, 2.05) is 0 Å². The number of likely N-dealkylation sites (tertiary alicyclic amines) is 1. The Hall–Kier alpha value is -1.94. The molecule has 5 rings (SSSR count). The van der Waals surface area contributed by atoms with Crippen molar-refractivity contribution in [2.75, 3.05) is 20.1 Å². The largest absolute Gasteiger partial charge is 0.438 e. The van der Waals surface area contributed by atoms with Crippen LogP contribution in [0.5, 0.6) is 0 Å². The Labute approximate surface area is 143 Å². The number of hydrogen-bond donors (Lipinski definition) is 2. The SMILES string of the molecule is CNS(=O)(=O)c1ccc(C(=O)NC2CN(C(=O)C34CC(F)(C3)C4)C2)o1. The lowest BCUT2D eigenvalue weighted by Gasteiger charge is -2.66. The number of amides is 2. The van der Waals surface area contributed by atoms with Crippen molar-refractivity contribution in [1.29, 1.82) is 0 Å². The van der Waals surface area contributed by atoms with E-state index < -0.39 is 27.0 Å². The summed E-state index contributed by atoms with van der Waals surface area (Å²) in [6.07, 6.45) is 0.963. The van der Waals surface area contributed by atoms with Crippen LogP contribution in [0.4, 0.5) is 4.39 Å². The molecule has 2 bridgehead atoms. The first-order chi connectivity index (χ1) is 11.7. The minimum atomic E-state index is -3.74. The maximum absolute atomic E-state index is 13.5. The highest BCUT2D eigenvalue weighted by atomic mass is 32.2. The van der Waals surface area contributed by atoms with Crippen molar-refractivity contribution in [2.45, 2.75) is 36.1 Å². The summed E-state index contributed by atoms with van der Waals surface area (Å²) in [7, 11) is -2.50. The molecule has 0 aromatic carbocycles. The highest BCUT2D eigenvalue weighted by molar-refractivity contribution is 7.89. The summed E-state index contributed by atoms with van der Waals surface area (Å²) >= 11 is 0. The van der Waals surface area contributed by atoms with Crippen LogP contribution in [0.15, 0.2) is 21.6 Å². The Bertz CT molecular complexity index is 838. The van der Waals surface area contributed by atoms with E-state index in [2.05, 4.69) is 10.0 Å². The lowest BCUT2D eigenvalue weighted by atomic mass is 9.41. The first-order valence-electron chi connectivity index (χ1n) is 7.99. The van der Waals surface area contributed by atoms with Gasteiger partial charge in [0.25, 0.3) is 15.9 Å². The van der Waals surface area contributed by atoms with E-state index in [0.717, 1.165) is 0 Å². The normalized spacial score (nSPS) is 30.9. The Kier molecular flexibility index (Phi) is 3.33. The zero-order chi connectivity index (χ0) is 18.0. The number of furan rings is 1. The fraction of sp³-hybridized carbons (Fsp3) is 0.600. The topological polar surface area (TPSA) is 109 Å². The summed E-state index contributed by atoms with van der Waals surface area (Å²) in [4.78, 5) is 26.0. The molecule has 0 spiro atoms. The molecular weight excluding hydrogens is 353 g/mol. The number of rotatable bonds is 5. The summed E-state index contributed by atoms with van der Waals surface area (Å²) < 4.78 is 43.9. The van der Waals surface area contributed by atoms with Crippen LogP contribution in [0, 0.1) is 5.41 Å². The number of carbonyl (C=O) groups is 2. The molecule has 10 heteroatoms. The first kappa shape index (κ1) is 16.5. The van der Waals surface area contributed by atoms with Crippen LogP contribution in [0.3, 0.4) is 0 Å². The molecule has 136 valence electrons. The predicted molar refractivity (Wildman–Crippen MR) is 82.9 cm³/mol. The first-order valence-corrected chi connectivity index (χ1v) is 9.47. The Morgan fingerprint density at radius 2 is 1.92 bits per heavy atom. The lowest BCUT2D eigenvalue weighted by molar-refractivity contribution is -0.225. The maximum Gasteiger partial charge on any atom is 0.287 e. The lowest BCUT2D eigenvalue weighted by Crippen LogP contribution is -2.73. The Balaban J connectivity index is 1.30. The highest BCUT2D eigenvalue weighted by Crippen LogP contribution is 2.70. The second-order valence-electron chi connectivity index (χ2n) is 7.17. The molecule has 0 radical (unpaired) electrons. The summed E-state index contributed by atoms with van der Waals surface area (Å²) in [5.74, 6) is -0.682. The fourth-order valence-corrected chi connectivity index (χ4v) is 4.55. The molecule has 0 unspecified atom stereocenters. The van der Waals surface area contributed by atoms with Crippen LogP contribution in [0.25, 0.3) is 0 Å². The van der Waals surface area contributed by atoms with Gasteiger partial charge in [-0.1, -0.05) is 0 Å². The minimum Gasteiger partial charge on any atom is -0.438 e. The number of hydrogen-bond acceptors (Lipinski definition) is 5. The average Bonchev–Trinajstić information content (AvgIpc) is 2.96. The van der Waals surface area contributed by atoms with Gasteiger partial charge >= 0.3 is 0 Å². The number of carbonyl (C=O) groups excluding carboxylic acids is 2. The van der Waals surface area contributed by atoms with E-state index in [1.54, 1.807) is 4.90 Å². The van der Waals surface area contributed by atoms with Crippen molar-refractivity contribution in [3.05, 3.63) is 17.9 Å². The van der Waals surface area contributed by atoms with Gasteiger partial charge in [-0.25, -0.2) is 17.5 Å². The van der Waals surface area contributed by atoms with E-state index in [9.17, 15) is 22.4 Å². The van der Waals surface area contributed by atoms with Crippen LogP contribution >= 0.6 is 0 Å². The molecule has 8 nitrogen and oxygen atoms in total. The zero-order valence-corrected chi connectivity index (χ0v) is 14.4. The van der Waals surface area contributed by atoms with Crippen LogP contribution in [-0.2, 0) is 14.8 Å². The predicted octanol–water partition coefficient (Wildman–Crippen LogP) is 0.0205. The molecule has 2 heterocycles. The molecule has 3 aliphatic carbocycles. The minimum absolute atomic E-state index is 0.0297. The third-order valence-electron chi connectivity index (χ3n) is 5.26. The molecule has 1 aliphatic heterocycles. The highest BCUT2D eigenvalue weighted by Gasteiger charge is 2.73. The quantitative estimate of drug-likeness (QED) is 0.759. The number of sulfonamides is 1. The number of halogens is 1. The van der Waals surface area contributed by atoms with Gasteiger partial charge in [0.05, 0.1) is 11.5 Å². The fourth-order valence-electron chi connectivity index (χ4n) is 3.91. The van der Waals surface area contributed by atoms with Crippen molar-refractivity contribution < 1.29 is 26.8 Å². The van der Waals surface area contributed by atoms with Crippen molar-refractivity contribution in [3.8, 4) is 0 Å². The van der Waals surface area contributed by atoms with E-state index >= 15 is 0 Å². The molecule has 1 aromatic heterocycles. The summed E-state index contributed by atoms with van der Waals surface area (Å²) in [5, 5.41) is 2.35. The third-order valence-corrected chi connectivity index (χ3v) is 6.55. The molecule has 0 atom stereocenters. The van der Waals surface area contributed by atoms with Gasteiger partial charge in [0.1, 0.15) is 5.67 Å². The Morgan fingerprint density at radius 1 is 1.28 bits per heavy atom. The zero-order valence-electron chi connectivity index (χ0n) is 13.5. The maximum atomic E-state index is 13.5. The summed E-state index contributed by atoms with van der Waals surface area (Å²) in [6, 6.07) is 2.26. The van der Waals surface area contributed by atoms with Gasteiger partial charge in [-0.05, 0) is 38.4 Å². The van der Waals surface area contributed by atoms with Crippen molar-refractivity contribution in [1.82, 2.24) is 14.9 Å². The average molecular weight is 371 g/mol. The number of nitrogens with zero attached hydrogens (tertiary/aromatic N) is 1. The molecule has 1 aromatic rings. The molecule has 2 amide bonds. The van der Waals surface area contributed by atoms with E-state index in [0.29, 0.717) is 32.4 Å². The molecular formula is C15H18FN3O5S. The second-order valence-corrected chi connectivity index (χ2v) is 8.99. The van der Waals surface area contributed by atoms with Gasteiger partial charge in [-0.2, -0.15) is 0 Å². The van der Waals surface area contributed by atoms with Gasteiger partial charge in [0, 0.05) is 13.1 Å². The van der Waals surface area contributed by atoms with Gasteiger partial charge in [-0.3, -0.25) is 9.59 Å². The van der Waals surface area contributed by atoms with Crippen molar-refractivity contribution in [3.63, 3.8) is 0 Å². The van der Waals surface area contributed by atoms with E-state index in [-0.39, 0.29) is 22.8 Å². The summed E-state index contributed by atoms with van der Waals surface area (Å²) in [6.45, 7) is 0.738. The van der Waals surface area contributed by atoms with Gasteiger partial charge in [0.15, 0.2) is 5.76 Å². The van der Waals surface area contributed by atoms with Crippen LogP contribution < -0.4 is 10.0 Å². The van der Waals surface area contributed by atoms with Gasteiger partial charge in [0.2, 0.25) is 11.0 Å².